The number of unbranched alkanes of at least 4 members (excludes halogenated alkanes) is 3. The van der Waals surface area contributed by atoms with E-state index >= 15 is 0 Å². The molecule has 3 rings (SSSR count). The standard InChI is InChI=1S/C18H25NO4S/c1-2-3-4-5-9-23-16-8-6-7-15(11-16)19-17-13-24(21,22)12-14(17)10-18(19)20/h6-8,11,14,17H,2-5,9-10,12-13H2,1H3/t14-,17-/m0/s1. The van der Waals surface area contributed by atoms with Crippen LogP contribution in [0, 0.1) is 5.92 Å². The number of anilines is 1. The highest BCUT2D eigenvalue weighted by Crippen LogP contribution is 2.38. The minimum atomic E-state index is -3.03. The Morgan fingerprint density at radius 2 is 2.04 bits per heavy atom. The van der Waals surface area contributed by atoms with E-state index in [1.54, 1.807) is 4.90 Å². The molecule has 2 saturated heterocycles. The summed E-state index contributed by atoms with van der Waals surface area (Å²) in [5.41, 5.74) is 0.746. The van der Waals surface area contributed by atoms with Gasteiger partial charge in [-0.15, -0.1) is 0 Å². The van der Waals surface area contributed by atoms with Crippen molar-refractivity contribution in [3.8, 4) is 5.75 Å². The predicted octanol–water partition coefficient (Wildman–Crippen LogP) is 2.80. The Labute approximate surface area is 143 Å². The molecule has 0 saturated carbocycles. The molecule has 132 valence electrons. The Kier molecular flexibility index (Phi) is 5.13. The van der Waals surface area contributed by atoms with Gasteiger partial charge < -0.3 is 9.64 Å². The highest BCUT2D eigenvalue weighted by atomic mass is 32.2. The summed E-state index contributed by atoms with van der Waals surface area (Å²) in [7, 11) is -3.03. The first-order chi connectivity index (χ1) is 11.5. The molecule has 24 heavy (non-hydrogen) atoms. The van der Waals surface area contributed by atoms with E-state index in [1.807, 2.05) is 24.3 Å². The fourth-order valence-electron chi connectivity index (χ4n) is 3.67. The van der Waals surface area contributed by atoms with Crippen LogP contribution < -0.4 is 9.64 Å². The molecule has 2 aliphatic rings. The largest absolute Gasteiger partial charge is 0.494 e. The van der Waals surface area contributed by atoms with Crippen molar-refractivity contribution in [2.75, 3.05) is 23.0 Å². The van der Waals surface area contributed by atoms with Crippen LogP contribution in [0.2, 0.25) is 0 Å². The molecule has 2 atom stereocenters. The Morgan fingerprint density at radius 1 is 1.21 bits per heavy atom. The van der Waals surface area contributed by atoms with E-state index in [9.17, 15) is 13.2 Å². The average molecular weight is 351 g/mol. The lowest BCUT2D eigenvalue weighted by Gasteiger charge is -2.23. The minimum Gasteiger partial charge on any atom is -0.494 e. The summed E-state index contributed by atoms with van der Waals surface area (Å²) in [4.78, 5) is 14.0. The third kappa shape index (κ3) is 3.74. The van der Waals surface area contributed by atoms with Crippen molar-refractivity contribution in [2.24, 2.45) is 5.92 Å². The van der Waals surface area contributed by atoms with E-state index in [-0.39, 0.29) is 29.4 Å². The second kappa shape index (κ2) is 7.13. The second-order valence-electron chi connectivity index (χ2n) is 6.78. The van der Waals surface area contributed by atoms with Crippen molar-refractivity contribution >= 4 is 21.4 Å². The summed E-state index contributed by atoms with van der Waals surface area (Å²) in [5.74, 6) is 0.890. The number of nitrogens with zero attached hydrogens (tertiary/aromatic N) is 1. The van der Waals surface area contributed by atoms with Gasteiger partial charge in [0.25, 0.3) is 0 Å². The number of rotatable bonds is 7. The molecule has 0 spiro atoms. The molecule has 1 aromatic carbocycles. The quantitative estimate of drug-likeness (QED) is 0.709. The van der Waals surface area contributed by atoms with Crippen LogP contribution in [0.1, 0.15) is 39.0 Å². The lowest BCUT2D eigenvalue weighted by atomic mass is 10.0. The molecule has 0 radical (unpaired) electrons. The van der Waals surface area contributed by atoms with Crippen LogP contribution in [0.25, 0.3) is 0 Å². The fourth-order valence-corrected chi connectivity index (χ4v) is 5.74. The van der Waals surface area contributed by atoms with Gasteiger partial charge in [0, 0.05) is 24.1 Å². The maximum Gasteiger partial charge on any atom is 0.227 e. The maximum atomic E-state index is 12.3. The molecule has 1 amide bonds. The van der Waals surface area contributed by atoms with E-state index in [0.717, 1.165) is 24.3 Å². The first kappa shape index (κ1) is 17.3. The van der Waals surface area contributed by atoms with Crippen LogP contribution in [0.4, 0.5) is 5.69 Å². The van der Waals surface area contributed by atoms with Crippen LogP contribution in [-0.4, -0.2) is 38.5 Å². The zero-order chi connectivity index (χ0) is 17.2. The number of hydrogen-bond acceptors (Lipinski definition) is 4. The molecule has 2 heterocycles. The van der Waals surface area contributed by atoms with Crippen LogP contribution in [0.15, 0.2) is 24.3 Å². The monoisotopic (exact) mass is 351 g/mol. The zero-order valence-electron chi connectivity index (χ0n) is 14.1. The van der Waals surface area contributed by atoms with Gasteiger partial charge in [-0.05, 0) is 18.6 Å². The molecule has 0 unspecified atom stereocenters. The van der Waals surface area contributed by atoms with Crippen LogP contribution in [0.5, 0.6) is 5.75 Å². The molecule has 0 aromatic heterocycles. The molecule has 0 bridgehead atoms. The van der Waals surface area contributed by atoms with Gasteiger partial charge in [-0.3, -0.25) is 4.79 Å². The van der Waals surface area contributed by atoms with Gasteiger partial charge in [0.15, 0.2) is 9.84 Å². The number of hydrogen-bond donors (Lipinski definition) is 0. The highest BCUT2D eigenvalue weighted by molar-refractivity contribution is 7.91. The topological polar surface area (TPSA) is 63.7 Å². The Bertz CT molecular complexity index is 701. The number of amides is 1. The third-order valence-electron chi connectivity index (χ3n) is 4.84. The Hall–Kier alpha value is -1.56. The first-order valence-electron chi connectivity index (χ1n) is 8.75. The van der Waals surface area contributed by atoms with Gasteiger partial charge in [0.05, 0.1) is 24.2 Å². The molecule has 2 aliphatic heterocycles. The summed E-state index contributed by atoms with van der Waals surface area (Å²) in [6.07, 6.45) is 4.90. The lowest BCUT2D eigenvalue weighted by Crippen LogP contribution is -2.36. The number of carbonyl (C=O) groups is 1. The molecule has 5 nitrogen and oxygen atoms in total. The molecule has 1 aromatic rings. The number of ether oxygens (including phenoxy) is 1. The van der Waals surface area contributed by atoms with Gasteiger partial charge in [0.1, 0.15) is 5.75 Å². The smallest absolute Gasteiger partial charge is 0.227 e. The highest BCUT2D eigenvalue weighted by Gasteiger charge is 2.49. The minimum absolute atomic E-state index is 0.0139. The predicted molar refractivity (Wildman–Crippen MR) is 94.1 cm³/mol. The number of sulfone groups is 1. The van der Waals surface area contributed by atoms with E-state index in [0.29, 0.717) is 13.0 Å². The van der Waals surface area contributed by atoms with Crippen molar-refractivity contribution in [2.45, 2.75) is 45.1 Å². The molecule has 2 fully saturated rings. The van der Waals surface area contributed by atoms with E-state index < -0.39 is 9.84 Å². The van der Waals surface area contributed by atoms with Crippen molar-refractivity contribution < 1.29 is 17.9 Å². The van der Waals surface area contributed by atoms with Crippen LogP contribution in [0.3, 0.4) is 0 Å². The summed E-state index contributed by atoms with van der Waals surface area (Å²) in [5, 5.41) is 0. The average Bonchev–Trinajstić information content (AvgIpc) is 2.97. The fraction of sp³-hybridized carbons (Fsp3) is 0.611. The van der Waals surface area contributed by atoms with Gasteiger partial charge >= 0.3 is 0 Å². The van der Waals surface area contributed by atoms with Crippen molar-refractivity contribution in [3.05, 3.63) is 24.3 Å². The van der Waals surface area contributed by atoms with Crippen molar-refractivity contribution in [1.82, 2.24) is 0 Å². The molecular formula is C18H25NO4S. The normalized spacial score (nSPS) is 25.0. The van der Waals surface area contributed by atoms with Crippen molar-refractivity contribution in [3.63, 3.8) is 0 Å². The van der Waals surface area contributed by atoms with Gasteiger partial charge in [-0.25, -0.2) is 8.42 Å². The summed E-state index contributed by atoms with van der Waals surface area (Å²) < 4.78 is 29.5. The first-order valence-corrected chi connectivity index (χ1v) is 10.6. The Balaban J connectivity index is 1.68. The summed E-state index contributed by atoms with van der Waals surface area (Å²) in [6.45, 7) is 2.84. The maximum absolute atomic E-state index is 12.3. The van der Waals surface area contributed by atoms with Crippen LogP contribution in [-0.2, 0) is 14.6 Å². The number of carbonyl (C=O) groups excluding carboxylic acids is 1. The molecular weight excluding hydrogens is 326 g/mol. The second-order valence-corrected chi connectivity index (χ2v) is 8.93. The molecule has 6 heteroatoms. The summed E-state index contributed by atoms with van der Waals surface area (Å²) in [6, 6.07) is 7.23. The van der Waals surface area contributed by atoms with Gasteiger partial charge in [-0.2, -0.15) is 0 Å². The number of benzene rings is 1. The molecule has 0 N–H and O–H groups in total. The third-order valence-corrected chi connectivity index (χ3v) is 6.62. The van der Waals surface area contributed by atoms with Gasteiger partial charge in [-0.1, -0.05) is 32.3 Å². The SMILES string of the molecule is CCCCCCOc1cccc(N2C(=O)C[C@H]3CS(=O)(=O)C[C@@H]32)c1. The van der Waals surface area contributed by atoms with Crippen LogP contribution >= 0.6 is 0 Å². The van der Waals surface area contributed by atoms with E-state index in [1.165, 1.54) is 12.8 Å². The van der Waals surface area contributed by atoms with Crippen molar-refractivity contribution in [1.29, 1.82) is 0 Å². The molecule has 0 aliphatic carbocycles. The van der Waals surface area contributed by atoms with Gasteiger partial charge in [0.2, 0.25) is 5.91 Å². The Morgan fingerprint density at radius 3 is 2.83 bits per heavy atom. The zero-order valence-corrected chi connectivity index (χ0v) is 14.9. The number of fused-ring (bicyclic) bond motifs is 1. The van der Waals surface area contributed by atoms with E-state index in [2.05, 4.69) is 6.92 Å². The lowest BCUT2D eigenvalue weighted by molar-refractivity contribution is -0.117. The van der Waals surface area contributed by atoms with E-state index in [4.69, 9.17) is 4.74 Å². The summed E-state index contributed by atoms with van der Waals surface area (Å²) >= 11 is 0.